The minimum absolute atomic E-state index is 0.0535. The van der Waals surface area contributed by atoms with Gasteiger partial charge in [0.2, 0.25) is 5.91 Å². The highest BCUT2D eigenvalue weighted by Crippen LogP contribution is 2.34. The fourth-order valence-corrected chi connectivity index (χ4v) is 4.93. The van der Waals surface area contributed by atoms with E-state index < -0.39 is 0 Å². The number of para-hydroxylation sites is 2. The molecule has 1 atom stereocenters. The number of anilines is 1. The van der Waals surface area contributed by atoms with Gasteiger partial charge >= 0.3 is 0 Å². The lowest BCUT2D eigenvalue weighted by Gasteiger charge is -2.20. The summed E-state index contributed by atoms with van der Waals surface area (Å²) < 4.78 is 8.16. The van der Waals surface area contributed by atoms with E-state index >= 15 is 0 Å². The van der Waals surface area contributed by atoms with Crippen molar-refractivity contribution in [2.45, 2.75) is 39.2 Å². The summed E-state index contributed by atoms with van der Waals surface area (Å²) in [5.74, 6) is 2.00. The van der Waals surface area contributed by atoms with Gasteiger partial charge in [-0.15, -0.1) is 0 Å². The van der Waals surface area contributed by atoms with Crippen LogP contribution in [-0.4, -0.2) is 28.6 Å². The summed E-state index contributed by atoms with van der Waals surface area (Å²) in [5, 5.41) is 0.697. The van der Waals surface area contributed by atoms with Crippen LogP contribution in [0.15, 0.2) is 66.7 Å². The van der Waals surface area contributed by atoms with Crippen molar-refractivity contribution >= 4 is 34.2 Å². The van der Waals surface area contributed by atoms with Crippen LogP contribution in [0.5, 0.6) is 5.75 Å². The highest BCUT2D eigenvalue weighted by Gasteiger charge is 2.35. The van der Waals surface area contributed by atoms with Crippen molar-refractivity contribution in [3.63, 3.8) is 0 Å². The molecule has 1 aliphatic heterocycles. The minimum Gasteiger partial charge on any atom is -0.494 e. The second-order valence-electron chi connectivity index (χ2n) is 8.96. The van der Waals surface area contributed by atoms with Crippen LogP contribution in [0.1, 0.15) is 35.7 Å². The van der Waals surface area contributed by atoms with Gasteiger partial charge in [0.1, 0.15) is 11.6 Å². The molecule has 6 heteroatoms. The van der Waals surface area contributed by atoms with Gasteiger partial charge in [-0.1, -0.05) is 41.4 Å². The summed E-state index contributed by atoms with van der Waals surface area (Å²) in [7, 11) is 0. The van der Waals surface area contributed by atoms with E-state index in [1.54, 1.807) is 0 Å². The van der Waals surface area contributed by atoms with Gasteiger partial charge < -0.3 is 14.2 Å². The molecule has 5 rings (SSSR count). The zero-order chi connectivity index (χ0) is 23.7. The molecule has 1 amide bonds. The molecular weight excluding hydrogens is 446 g/mol. The molecule has 0 radical (unpaired) electrons. The van der Waals surface area contributed by atoms with Gasteiger partial charge in [0.25, 0.3) is 0 Å². The normalized spacial score (nSPS) is 15.9. The van der Waals surface area contributed by atoms with Crippen LogP contribution in [0.4, 0.5) is 5.69 Å². The first-order chi connectivity index (χ1) is 16.5. The zero-order valence-corrected chi connectivity index (χ0v) is 20.3. The molecule has 5 nitrogen and oxygen atoms in total. The van der Waals surface area contributed by atoms with E-state index in [1.165, 1.54) is 5.56 Å². The number of fused-ring (bicyclic) bond motifs is 1. The Morgan fingerprint density at radius 2 is 1.85 bits per heavy atom. The number of imidazole rings is 1. The fraction of sp³-hybridized carbons (Fsp3) is 0.286. The second kappa shape index (κ2) is 9.51. The van der Waals surface area contributed by atoms with Crippen molar-refractivity contribution in [2.75, 3.05) is 18.1 Å². The highest BCUT2D eigenvalue weighted by molar-refractivity contribution is 6.30. The largest absolute Gasteiger partial charge is 0.494 e. The van der Waals surface area contributed by atoms with Crippen molar-refractivity contribution in [2.24, 2.45) is 0 Å². The Bertz CT molecular complexity index is 1330. The quantitative estimate of drug-likeness (QED) is 0.296. The molecule has 4 aromatic rings. The van der Waals surface area contributed by atoms with Crippen LogP contribution >= 0.6 is 11.6 Å². The molecule has 0 bridgehead atoms. The number of aromatic nitrogens is 2. The van der Waals surface area contributed by atoms with Crippen molar-refractivity contribution in [3.8, 4) is 5.75 Å². The molecule has 174 valence electrons. The van der Waals surface area contributed by atoms with E-state index in [-0.39, 0.29) is 11.8 Å². The number of nitrogens with zero attached hydrogens (tertiary/aromatic N) is 3. The number of halogens is 1. The molecule has 1 unspecified atom stereocenters. The molecule has 0 aliphatic carbocycles. The first-order valence-corrected chi connectivity index (χ1v) is 12.1. The second-order valence-corrected chi connectivity index (χ2v) is 9.40. The van der Waals surface area contributed by atoms with Gasteiger partial charge in [-0.05, 0) is 68.3 Å². The summed E-state index contributed by atoms with van der Waals surface area (Å²) in [4.78, 5) is 19.9. The van der Waals surface area contributed by atoms with Crippen molar-refractivity contribution < 1.29 is 9.53 Å². The van der Waals surface area contributed by atoms with E-state index in [4.69, 9.17) is 21.3 Å². The molecule has 1 saturated heterocycles. The average molecular weight is 474 g/mol. The maximum absolute atomic E-state index is 13.0. The van der Waals surface area contributed by atoms with Crippen LogP contribution in [0.2, 0.25) is 5.02 Å². The summed E-state index contributed by atoms with van der Waals surface area (Å²) in [6.07, 6.45) is 1.30. The van der Waals surface area contributed by atoms with Crippen molar-refractivity contribution in [1.82, 2.24) is 9.55 Å². The highest BCUT2D eigenvalue weighted by atomic mass is 35.5. The third-order valence-electron chi connectivity index (χ3n) is 6.43. The Morgan fingerprint density at radius 1 is 1.06 bits per heavy atom. The Morgan fingerprint density at radius 3 is 2.65 bits per heavy atom. The van der Waals surface area contributed by atoms with Crippen LogP contribution in [0, 0.1) is 13.8 Å². The molecule has 3 aromatic carbocycles. The van der Waals surface area contributed by atoms with Crippen molar-refractivity contribution in [3.05, 3.63) is 88.7 Å². The number of carbonyl (C=O) groups excluding carboxylic acids is 1. The Labute approximate surface area is 204 Å². The number of amides is 1. The smallest absolute Gasteiger partial charge is 0.227 e. The van der Waals surface area contributed by atoms with Gasteiger partial charge in [0.05, 0.1) is 17.6 Å². The molecule has 2 heterocycles. The minimum atomic E-state index is 0.0535. The molecular formula is C28H28ClN3O2. The lowest BCUT2D eigenvalue weighted by Crippen LogP contribution is -2.25. The lowest BCUT2D eigenvalue weighted by atomic mass is 10.1. The Hall–Kier alpha value is -3.31. The SMILES string of the molecule is Cc1ccc(N2CC(c3nc4ccccc4n3CCCOc3ccc(Cl)cc3)CC2=O)c(C)c1. The lowest BCUT2D eigenvalue weighted by molar-refractivity contribution is -0.117. The maximum atomic E-state index is 13.0. The average Bonchev–Trinajstić information content (AvgIpc) is 3.38. The number of rotatable bonds is 7. The van der Waals surface area contributed by atoms with Crippen LogP contribution < -0.4 is 9.64 Å². The number of hydrogen-bond acceptors (Lipinski definition) is 3. The maximum Gasteiger partial charge on any atom is 0.227 e. The Kier molecular flexibility index (Phi) is 6.29. The predicted molar refractivity (Wildman–Crippen MR) is 137 cm³/mol. The first-order valence-electron chi connectivity index (χ1n) is 11.7. The fourth-order valence-electron chi connectivity index (χ4n) is 4.81. The molecule has 34 heavy (non-hydrogen) atoms. The molecule has 0 spiro atoms. The van der Waals surface area contributed by atoms with E-state index in [2.05, 4.69) is 42.7 Å². The molecule has 1 aliphatic rings. The van der Waals surface area contributed by atoms with E-state index in [9.17, 15) is 4.79 Å². The summed E-state index contributed by atoms with van der Waals surface area (Å²) >= 11 is 5.96. The van der Waals surface area contributed by atoms with Gasteiger partial charge in [-0.2, -0.15) is 0 Å². The zero-order valence-electron chi connectivity index (χ0n) is 19.5. The van der Waals surface area contributed by atoms with Crippen LogP contribution in [0.3, 0.4) is 0 Å². The number of aryl methyl sites for hydroxylation is 3. The van der Waals surface area contributed by atoms with Gasteiger partial charge in [-0.25, -0.2) is 4.98 Å². The topological polar surface area (TPSA) is 47.4 Å². The van der Waals surface area contributed by atoms with E-state index in [1.807, 2.05) is 47.4 Å². The molecule has 0 N–H and O–H groups in total. The van der Waals surface area contributed by atoms with E-state index in [0.717, 1.165) is 46.8 Å². The van der Waals surface area contributed by atoms with Crippen LogP contribution in [0.25, 0.3) is 11.0 Å². The van der Waals surface area contributed by atoms with Crippen LogP contribution in [-0.2, 0) is 11.3 Å². The molecule has 1 fully saturated rings. The number of benzene rings is 3. The number of carbonyl (C=O) groups is 1. The standard InChI is InChI=1S/C28H28ClN3O2/c1-19-8-13-25(20(2)16-19)32-18-21(17-27(32)33)28-30-24-6-3-4-7-26(24)31(28)14-5-15-34-23-11-9-22(29)10-12-23/h3-4,6-13,16,21H,5,14-15,17-18H2,1-2H3. The summed E-state index contributed by atoms with van der Waals surface area (Å²) in [6.45, 7) is 6.15. The predicted octanol–water partition coefficient (Wildman–Crippen LogP) is 6.30. The molecule has 0 saturated carbocycles. The third-order valence-corrected chi connectivity index (χ3v) is 6.68. The summed E-state index contributed by atoms with van der Waals surface area (Å²) in [6, 6.07) is 21.9. The monoisotopic (exact) mass is 473 g/mol. The van der Waals surface area contributed by atoms with E-state index in [0.29, 0.717) is 24.6 Å². The number of hydrogen-bond donors (Lipinski definition) is 0. The van der Waals surface area contributed by atoms with Gasteiger partial charge in [-0.3, -0.25) is 4.79 Å². The Balaban J connectivity index is 1.35. The van der Waals surface area contributed by atoms with Crippen molar-refractivity contribution in [1.29, 1.82) is 0 Å². The molecule has 1 aromatic heterocycles. The number of ether oxygens (including phenoxy) is 1. The summed E-state index contributed by atoms with van der Waals surface area (Å²) in [5.41, 5.74) is 5.39. The third kappa shape index (κ3) is 4.53. The first kappa shape index (κ1) is 22.5. The van der Waals surface area contributed by atoms with Gasteiger partial charge in [0, 0.05) is 36.1 Å². The van der Waals surface area contributed by atoms with Gasteiger partial charge in [0.15, 0.2) is 0 Å².